The highest BCUT2D eigenvalue weighted by Crippen LogP contribution is 2.31. The van der Waals surface area contributed by atoms with Crippen molar-refractivity contribution in [2.45, 2.75) is 31.0 Å². The highest BCUT2D eigenvalue weighted by Gasteiger charge is 2.40. The molecule has 1 aromatic rings. The molecule has 1 unspecified atom stereocenters. The van der Waals surface area contributed by atoms with Crippen molar-refractivity contribution in [3.8, 4) is 0 Å². The fraction of sp³-hybridized carbons (Fsp3) is 0.538. The second kappa shape index (κ2) is 4.74. The van der Waals surface area contributed by atoms with Gasteiger partial charge in [-0.1, -0.05) is 30.3 Å². The maximum Gasteiger partial charge on any atom is 0.184 e. The summed E-state index contributed by atoms with van der Waals surface area (Å²) in [6.07, 6.45) is -0.637. The van der Waals surface area contributed by atoms with Crippen LogP contribution in [0, 0.1) is 0 Å². The van der Waals surface area contributed by atoms with Crippen LogP contribution in [-0.2, 0) is 14.2 Å². The maximum absolute atomic E-state index is 9.91. The molecule has 1 aromatic carbocycles. The largest absolute Gasteiger partial charge is 0.390 e. The molecule has 4 nitrogen and oxygen atoms in total. The zero-order valence-corrected chi connectivity index (χ0v) is 9.49. The number of hydrogen-bond acceptors (Lipinski definition) is 4. The molecule has 2 saturated heterocycles. The zero-order valence-electron chi connectivity index (χ0n) is 9.49. The van der Waals surface area contributed by atoms with E-state index in [9.17, 15) is 5.11 Å². The number of fused-ring (bicyclic) bond motifs is 1. The van der Waals surface area contributed by atoms with Gasteiger partial charge in [0.05, 0.1) is 12.7 Å². The Morgan fingerprint density at radius 3 is 2.76 bits per heavy atom. The summed E-state index contributed by atoms with van der Waals surface area (Å²) in [6.45, 7) is 1.05. The van der Waals surface area contributed by atoms with Gasteiger partial charge in [-0.2, -0.15) is 0 Å². The molecule has 2 aliphatic heterocycles. The SMILES string of the molecule is O[C@@H]1CCO[C@@H]2COC(c3ccccc3)O[C@@H]12. The van der Waals surface area contributed by atoms with E-state index in [1.165, 1.54) is 0 Å². The Morgan fingerprint density at radius 2 is 1.94 bits per heavy atom. The van der Waals surface area contributed by atoms with Crippen LogP contribution in [0.15, 0.2) is 30.3 Å². The number of rotatable bonds is 1. The minimum absolute atomic E-state index is 0.140. The molecule has 4 heteroatoms. The minimum atomic E-state index is -0.455. The van der Waals surface area contributed by atoms with E-state index in [4.69, 9.17) is 14.2 Å². The van der Waals surface area contributed by atoms with Crippen LogP contribution < -0.4 is 0 Å². The molecule has 2 aliphatic rings. The van der Waals surface area contributed by atoms with E-state index in [0.717, 1.165) is 5.56 Å². The standard InChI is InChI=1S/C13H16O4/c14-10-6-7-15-11-8-16-13(17-12(10)11)9-4-2-1-3-5-9/h1-5,10-14H,6-8H2/t10-,11-,12+,13?/m1/s1. The van der Waals surface area contributed by atoms with Gasteiger partial charge in [0.15, 0.2) is 6.29 Å². The van der Waals surface area contributed by atoms with Crippen LogP contribution in [0.5, 0.6) is 0 Å². The topological polar surface area (TPSA) is 47.9 Å². The third-order valence-electron chi connectivity index (χ3n) is 3.26. The van der Waals surface area contributed by atoms with E-state index >= 15 is 0 Å². The van der Waals surface area contributed by atoms with Gasteiger partial charge in [-0.15, -0.1) is 0 Å². The Balaban J connectivity index is 1.74. The van der Waals surface area contributed by atoms with Gasteiger partial charge in [-0.25, -0.2) is 0 Å². The van der Waals surface area contributed by atoms with Gasteiger partial charge in [0.1, 0.15) is 12.2 Å². The molecule has 2 heterocycles. The van der Waals surface area contributed by atoms with Crippen LogP contribution in [-0.4, -0.2) is 36.6 Å². The first-order valence-electron chi connectivity index (χ1n) is 5.96. The van der Waals surface area contributed by atoms with Crippen LogP contribution in [0.3, 0.4) is 0 Å². The summed E-state index contributed by atoms with van der Waals surface area (Å²) in [5.41, 5.74) is 0.976. The average molecular weight is 236 g/mol. The van der Waals surface area contributed by atoms with Crippen molar-refractivity contribution in [2.75, 3.05) is 13.2 Å². The summed E-state index contributed by atoms with van der Waals surface area (Å²) in [7, 11) is 0. The van der Waals surface area contributed by atoms with E-state index in [-0.39, 0.29) is 12.2 Å². The molecule has 0 aromatic heterocycles. The summed E-state index contributed by atoms with van der Waals surface area (Å²) in [5, 5.41) is 9.91. The third-order valence-corrected chi connectivity index (χ3v) is 3.26. The van der Waals surface area contributed by atoms with Crippen molar-refractivity contribution < 1.29 is 19.3 Å². The first-order valence-corrected chi connectivity index (χ1v) is 5.96. The Labute approximate surface area is 100 Å². The molecule has 0 radical (unpaired) electrons. The molecule has 0 spiro atoms. The molecule has 4 atom stereocenters. The van der Waals surface area contributed by atoms with Crippen molar-refractivity contribution in [3.05, 3.63) is 35.9 Å². The number of hydrogen-bond donors (Lipinski definition) is 1. The number of aliphatic hydroxyl groups is 1. The Bertz CT molecular complexity index is 367. The van der Waals surface area contributed by atoms with E-state index in [0.29, 0.717) is 19.6 Å². The predicted molar refractivity (Wildman–Crippen MR) is 60.4 cm³/mol. The monoisotopic (exact) mass is 236 g/mol. The van der Waals surface area contributed by atoms with E-state index in [1.807, 2.05) is 30.3 Å². The molecule has 0 saturated carbocycles. The molecule has 1 N–H and O–H groups in total. The predicted octanol–water partition coefficient (Wildman–Crippen LogP) is 1.25. The van der Waals surface area contributed by atoms with Crippen molar-refractivity contribution in [1.29, 1.82) is 0 Å². The second-order valence-electron chi connectivity index (χ2n) is 4.44. The third kappa shape index (κ3) is 2.21. The van der Waals surface area contributed by atoms with Crippen molar-refractivity contribution >= 4 is 0 Å². The lowest BCUT2D eigenvalue weighted by molar-refractivity contribution is -0.298. The zero-order chi connectivity index (χ0) is 11.7. The molecular weight excluding hydrogens is 220 g/mol. The summed E-state index contributed by atoms with van der Waals surface area (Å²) >= 11 is 0. The first-order chi connectivity index (χ1) is 8.34. The lowest BCUT2D eigenvalue weighted by Crippen LogP contribution is -2.52. The van der Waals surface area contributed by atoms with Crippen molar-refractivity contribution in [3.63, 3.8) is 0 Å². The summed E-state index contributed by atoms with van der Waals surface area (Å²) in [4.78, 5) is 0. The van der Waals surface area contributed by atoms with Crippen molar-refractivity contribution in [1.82, 2.24) is 0 Å². The lowest BCUT2D eigenvalue weighted by atomic mass is 10.0. The van der Waals surface area contributed by atoms with Gasteiger partial charge >= 0.3 is 0 Å². The molecule has 0 aliphatic carbocycles. The fourth-order valence-corrected chi connectivity index (χ4v) is 2.32. The number of ether oxygens (including phenoxy) is 3. The molecule has 2 fully saturated rings. The number of aliphatic hydroxyl groups excluding tert-OH is 1. The molecule has 3 rings (SSSR count). The highest BCUT2D eigenvalue weighted by molar-refractivity contribution is 5.16. The highest BCUT2D eigenvalue weighted by atomic mass is 16.7. The van der Waals surface area contributed by atoms with Gasteiger partial charge in [0.2, 0.25) is 0 Å². The molecule has 17 heavy (non-hydrogen) atoms. The number of benzene rings is 1. The van der Waals surface area contributed by atoms with Gasteiger partial charge in [-0.05, 0) is 6.42 Å². The normalized spacial score (nSPS) is 37.5. The van der Waals surface area contributed by atoms with E-state index in [1.54, 1.807) is 0 Å². The first kappa shape index (κ1) is 11.2. The van der Waals surface area contributed by atoms with Crippen LogP contribution in [0.25, 0.3) is 0 Å². The van der Waals surface area contributed by atoms with Gasteiger partial charge in [-0.3, -0.25) is 0 Å². The smallest absolute Gasteiger partial charge is 0.184 e. The second-order valence-corrected chi connectivity index (χ2v) is 4.44. The Kier molecular flexibility index (Phi) is 3.11. The van der Waals surface area contributed by atoms with Crippen LogP contribution in [0.4, 0.5) is 0 Å². The quantitative estimate of drug-likeness (QED) is 0.797. The van der Waals surface area contributed by atoms with Gasteiger partial charge in [0, 0.05) is 12.2 Å². The Hall–Kier alpha value is -0.940. The van der Waals surface area contributed by atoms with E-state index in [2.05, 4.69) is 0 Å². The minimum Gasteiger partial charge on any atom is -0.390 e. The summed E-state index contributed by atoms with van der Waals surface area (Å²) in [5.74, 6) is 0. The molecule has 92 valence electrons. The van der Waals surface area contributed by atoms with Gasteiger partial charge < -0.3 is 19.3 Å². The average Bonchev–Trinajstić information content (AvgIpc) is 2.40. The Morgan fingerprint density at radius 1 is 1.12 bits per heavy atom. The van der Waals surface area contributed by atoms with Crippen LogP contribution in [0.1, 0.15) is 18.3 Å². The lowest BCUT2D eigenvalue weighted by Gasteiger charge is -2.41. The maximum atomic E-state index is 9.91. The summed E-state index contributed by atoms with van der Waals surface area (Å²) in [6, 6.07) is 9.76. The van der Waals surface area contributed by atoms with Crippen LogP contribution >= 0.6 is 0 Å². The molecule has 0 bridgehead atoms. The molecular formula is C13H16O4. The fourth-order valence-electron chi connectivity index (χ4n) is 2.32. The van der Waals surface area contributed by atoms with E-state index < -0.39 is 12.4 Å². The summed E-state index contributed by atoms with van der Waals surface area (Å²) < 4.78 is 16.9. The van der Waals surface area contributed by atoms with Crippen LogP contribution in [0.2, 0.25) is 0 Å². The van der Waals surface area contributed by atoms with Gasteiger partial charge in [0.25, 0.3) is 0 Å². The molecule has 0 amide bonds. The van der Waals surface area contributed by atoms with Crippen molar-refractivity contribution in [2.24, 2.45) is 0 Å².